The first-order valence-corrected chi connectivity index (χ1v) is 10.4. The lowest BCUT2D eigenvalue weighted by atomic mass is 10.0. The average molecular weight is 373 g/mol. The van der Waals surface area contributed by atoms with Crippen LogP contribution in [-0.4, -0.2) is 42.2 Å². The number of hydrogen-bond acceptors (Lipinski definition) is 4. The molecule has 1 aliphatic heterocycles. The molecule has 7 heteroatoms. The smallest absolute Gasteiger partial charge is 0.272 e. The van der Waals surface area contributed by atoms with E-state index in [0.717, 1.165) is 16.8 Å². The van der Waals surface area contributed by atoms with Crippen molar-refractivity contribution in [2.45, 2.75) is 26.3 Å². The molecule has 138 valence electrons. The third-order valence-electron chi connectivity index (χ3n) is 4.73. The monoisotopic (exact) mass is 373 g/mol. The van der Waals surface area contributed by atoms with Crippen LogP contribution < -0.4 is 5.32 Å². The van der Waals surface area contributed by atoms with Gasteiger partial charge in [-0.1, -0.05) is 18.2 Å². The van der Waals surface area contributed by atoms with E-state index < -0.39 is 9.84 Å². The summed E-state index contributed by atoms with van der Waals surface area (Å²) in [7, 11) is -3.06. The van der Waals surface area contributed by atoms with E-state index in [0.29, 0.717) is 13.0 Å². The second kappa shape index (κ2) is 7.07. The maximum Gasteiger partial charge on any atom is 0.272 e. The minimum Gasteiger partial charge on any atom is -0.347 e. The second-order valence-corrected chi connectivity index (χ2v) is 8.94. The number of nitrogens with zero attached hydrogens (tertiary/aromatic N) is 2. The Balaban J connectivity index is 2.05. The predicted octanol–water partition coefficient (Wildman–Crippen LogP) is 2.44. The van der Waals surface area contributed by atoms with Crippen molar-refractivity contribution in [1.29, 1.82) is 0 Å². The summed E-state index contributed by atoms with van der Waals surface area (Å²) >= 11 is 0. The summed E-state index contributed by atoms with van der Waals surface area (Å²) in [6, 6.07) is 7.51. The zero-order valence-corrected chi connectivity index (χ0v) is 15.8. The molecule has 0 radical (unpaired) electrons. The topological polar surface area (TPSA) is 81.1 Å². The van der Waals surface area contributed by atoms with Gasteiger partial charge >= 0.3 is 0 Å². The quantitative estimate of drug-likeness (QED) is 0.816. The number of carbonyl (C=O) groups is 1. The fourth-order valence-electron chi connectivity index (χ4n) is 3.12. The van der Waals surface area contributed by atoms with Gasteiger partial charge in [-0.05, 0) is 43.5 Å². The number of aryl methyl sites for hydroxylation is 2. The van der Waals surface area contributed by atoms with Crippen LogP contribution >= 0.6 is 0 Å². The normalized spacial score (nSPS) is 18.6. The van der Waals surface area contributed by atoms with E-state index in [4.69, 9.17) is 0 Å². The van der Waals surface area contributed by atoms with Crippen molar-refractivity contribution < 1.29 is 13.2 Å². The molecule has 1 saturated heterocycles. The third-order valence-corrected chi connectivity index (χ3v) is 6.48. The van der Waals surface area contributed by atoms with Gasteiger partial charge in [-0.25, -0.2) is 8.42 Å². The molecule has 3 rings (SSSR count). The van der Waals surface area contributed by atoms with Crippen LogP contribution in [0.25, 0.3) is 11.3 Å². The average Bonchev–Trinajstić information content (AvgIpc) is 3.18. The van der Waals surface area contributed by atoms with E-state index in [-0.39, 0.29) is 29.1 Å². The molecule has 1 aromatic heterocycles. The van der Waals surface area contributed by atoms with Gasteiger partial charge in [0.05, 0.1) is 23.2 Å². The highest BCUT2D eigenvalue weighted by Crippen LogP contribution is 2.31. The Hall–Kier alpha value is -2.41. The van der Waals surface area contributed by atoms with Crippen LogP contribution in [0.4, 0.5) is 0 Å². The minimum absolute atomic E-state index is 0.0558. The summed E-state index contributed by atoms with van der Waals surface area (Å²) in [5.41, 5.74) is 4.27. The van der Waals surface area contributed by atoms with Gasteiger partial charge in [0.15, 0.2) is 15.5 Å². The molecule has 0 saturated carbocycles. The Morgan fingerprint density at radius 1 is 1.35 bits per heavy atom. The molecule has 26 heavy (non-hydrogen) atoms. The molecular weight excluding hydrogens is 350 g/mol. The van der Waals surface area contributed by atoms with Crippen molar-refractivity contribution in [1.82, 2.24) is 15.1 Å². The van der Waals surface area contributed by atoms with Crippen molar-refractivity contribution in [3.63, 3.8) is 0 Å². The van der Waals surface area contributed by atoms with Crippen molar-refractivity contribution in [3.05, 3.63) is 53.7 Å². The van der Waals surface area contributed by atoms with Crippen molar-refractivity contribution >= 4 is 15.7 Å². The Morgan fingerprint density at radius 2 is 2.12 bits per heavy atom. The van der Waals surface area contributed by atoms with Gasteiger partial charge < -0.3 is 5.32 Å². The van der Waals surface area contributed by atoms with Crippen molar-refractivity contribution in [2.75, 3.05) is 18.1 Å². The SMILES string of the molecule is C=CCNC(=O)c1cc(-c2ccc(C)c(C)c2)n(C2CCS(=O)(=O)C2)n1. The van der Waals surface area contributed by atoms with Crippen LogP contribution in [0.3, 0.4) is 0 Å². The number of carbonyl (C=O) groups excluding carboxylic acids is 1. The molecule has 0 aliphatic carbocycles. The maximum atomic E-state index is 12.3. The van der Waals surface area contributed by atoms with Crippen LogP contribution in [0.5, 0.6) is 0 Å². The predicted molar refractivity (Wildman–Crippen MR) is 102 cm³/mol. The van der Waals surface area contributed by atoms with Gasteiger partial charge in [0.1, 0.15) is 0 Å². The molecule has 0 bridgehead atoms. The van der Waals surface area contributed by atoms with Crippen LogP contribution in [-0.2, 0) is 9.84 Å². The van der Waals surface area contributed by atoms with Gasteiger partial charge in [0.25, 0.3) is 5.91 Å². The summed E-state index contributed by atoms with van der Waals surface area (Å²) in [6.45, 7) is 8.00. The largest absolute Gasteiger partial charge is 0.347 e. The molecule has 1 amide bonds. The molecule has 1 N–H and O–H groups in total. The summed E-state index contributed by atoms with van der Waals surface area (Å²) in [5.74, 6) is -0.0862. The molecular formula is C19H23N3O3S. The Bertz CT molecular complexity index is 960. The molecule has 2 heterocycles. The molecule has 2 aromatic rings. The number of nitrogens with one attached hydrogen (secondary N) is 1. The molecule has 0 spiro atoms. The Kier molecular flexibility index (Phi) is 5.00. The molecule has 1 unspecified atom stereocenters. The van der Waals surface area contributed by atoms with E-state index in [1.54, 1.807) is 16.8 Å². The zero-order valence-electron chi connectivity index (χ0n) is 15.0. The third kappa shape index (κ3) is 3.72. The van der Waals surface area contributed by atoms with E-state index >= 15 is 0 Å². The van der Waals surface area contributed by atoms with E-state index in [1.165, 1.54) is 5.56 Å². The van der Waals surface area contributed by atoms with Crippen LogP contribution in [0.15, 0.2) is 36.9 Å². The maximum absolute atomic E-state index is 12.3. The number of hydrogen-bond donors (Lipinski definition) is 1. The van der Waals surface area contributed by atoms with Gasteiger partial charge in [-0.2, -0.15) is 5.10 Å². The summed E-state index contributed by atoms with van der Waals surface area (Å²) in [4.78, 5) is 12.3. The van der Waals surface area contributed by atoms with Crippen LogP contribution in [0, 0.1) is 13.8 Å². The highest BCUT2D eigenvalue weighted by atomic mass is 32.2. The molecule has 1 aliphatic rings. The number of rotatable bonds is 5. The number of aromatic nitrogens is 2. The Labute approximate surface area is 153 Å². The number of benzene rings is 1. The van der Waals surface area contributed by atoms with Gasteiger partial charge in [0, 0.05) is 12.1 Å². The lowest BCUT2D eigenvalue weighted by molar-refractivity contribution is 0.0952. The number of sulfone groups is 1. The first kappa shape index (κ1) is 18.4. The van der Waals surface area contributed by atoms with E-state index in [2.05, 4.69) is 17.0 Å². The summed E-state index contributed by atoms with van der Waals surface area (Å²) in [5, 5.41) is 7.16. The molecule has 1 atom stereocenters. The lowest BCUT2D eigenvalue weighted by Gasteiger charge is -2.14. The Morgan fingerprint density at radius 3 is 2.73 bits per heavy atom. The minimum atomic E-state index is -3.06. The molecule has 6 nitrogen and oxygen atoms in total. The van der Waals surface area contributed by atoms with Gasteiger partial charge in [-0.15, -0.1) is 6.58 Å². The van der Waals surface area contributed by atoms with Crippen molar-refractivity contribution in [2.24, 2.45) is 0 Å². The van der Waals surface area contributed by atoms with Crippen molar-refractivity contribution in [3.8, 4) is 11.3 Å². The fourth-order valence-corrected chi connectivity index (χ4v) is 4.82. The molecule has 1 fully saturated rings. The van der Waals surface area contributed by atoms with Crippen LogP contribution in [0.1, 0.15) is 34.1 Å². The second-order valence-electron chi connectivity index (χ2n) is 6.71. The zero-order chi connectivity index (χ0) is 18.9. The lowest BCUT2D eigenvalue weighted by Crippen LogP contribution is -2.24. The van der Waals surface area contributed by atoms with E-state index in [9.17, 15) is 13.2 Å². The highest BCUT2D eigenvalue weighted by Gasteiger charge is 2.32. The van der Waals surface area contributed by atoms with Gasteiger partial charge in [0.2, 0.25) is 0 Å². The van der Waals surface area contributed by atoms with Gasteiger partial charge in [-0.3, -0.25) is 9.48 Å². The molecule has 1 aromatic carbocycles. The van der Waals surface area contributed by atoms with Crippen LogP contribution in [0.2, 0.25) is 0 Å². The highest BCUT2D eigenvalue weighted by molar-refractivity contribution is 7.91. The summed E-state index contributed by atoms with van der Waals surface area (Å²) < 4.78 is 25.5. The fraction of sp³-hybridized carbons (Fsp3) is 0.368. The summed E-state index contributed by atoms with van der Waals surface area (Å²) in [6.07, 6.45) is 2.11. The van der Waals surface area contributed by atoms with E-state index in [1.807, 2.05) is 32.0 Å². The first-order valence-electron chi connectivity index (χ1n) is 8.57. The number of amides is 1. The standard InChI is InChI=1S/C19H23N3O3S/c1-4-8-20-19(23)17-11-18(15-6-5-13(2)14(3)10-15)22(21-17)16-7-9-26(24,25)12-16/h4-6,10-11,16H,1,7-9,12H2,2-3H3,(H,20,23). The first-order chi connectivity index (χ1) is 12.3.